The van der Waals surface area contributed by atoms with E-state index in [1.54, 1.807) is 19.2 Å². The van der Waals surface area contributed by atoms with Crippen molar-refractivity contribution in [2.45, 2.75) is 44.9 Å². The fourth-order valence-corrected chi connectivity index (χ4v) is 2.33. The molecular formula is C20H30O3. The maximum Gasteiger partial charge on any atom is 0.161 e. The maximum atomic E-state index is 9.53. The zero-order valence-electron chi connectivity index (χ0n) is 14.3. The van der Waals surface area contributed by atoms with Gasteiger partial charge >= 0.3 is 0 Å². The molecule has 128 valence electrons. The average Bonchev–Trinajstić information content (AvgIpc) is 2.57. The van der Waals surface area contributed by atoms with Crippen molar-refractivity contribution in [1.82, 2.24) is 0 Å². The van der Waals surface area contributed by atoms with Crippen LogP contribution >= 0.6 is 0 Å². The molecule has 3 nitrogen and oxygen atoms in total. The molecule has 0 atom stereocenters. The summed E-state index contributed by atoms with van der Waals surface area (Å²) in [6.07, 6.45) is 14.7. The first-order valence-electron chi connectivity index (χ1n) is 8.50. The second-order valence-electron chi connectivity index (χ2n) is 5.61. The van der Waals surface area contributed by atoms with Gasteiger partial charge in [-0.15, -0.1) is 6.58 Å². The first kappa shape index (κ1) is 19.3. The molecule has 23 heavy (non-hydrogen) atoms. The average molecular weight is 318 g/mol. The molecule has 0 heterocycles. The Labute approximate surface area is 140 Å². The van der Waals surface area contributed by atoms with Gasteiger partial charge in [0.15, 0.2) is 11.5 Å². The van der Waals surface area contributed by atoms with E-state index in [2.05, 4.69) is 6.58 Å². The molecular weight excluding hydrogens is 288 g/mol. The van der Waals surface area contributed by atoms with Crippen LogP contribution in [-0.4, -0.2) is 25.4 Å². The number of allylic oxidation sites excluding steroid dienone is 1. The van der Waals surface area contributed by atoms with E-state index in [0.717, 1.165) is 25.0 Å². The minimum atomic E-state index is 0.158. The number of phenols is 1. The number of aromatic hydroxyl groups is 1. The standard InChI is InChI=1S/C20H30O3/c1-3-4-5-6-7-8-9-10-15-23-16-11-12-18-13-14-19(21)20(17-18)22-2/h3,11-14,17,21H,1,4-10,15-16H2,2H3/b12-11+. The van der Waals surface area contributed by atoms with Gasteiger partial charge in [-0.25, -0.2) is 0 Å². The predicted molar refractivity (Wildman–Crippen MR) is 97.0 cm³/mol. The van der Waals surface area contributed by atoms with Crippen molar-refractivity contribution in [3.8, 4) is 11.5 Å². The number of hydrogen-bond donors (Lipinski definition) is 1. The lowest BCUT2D eigenvalue weighted by Crippen LogP contribution is -1.94. The number of hydrogen-bond acceptors (Lipinski definition) is 3. The van der Waals surface area contributed by atoms with Crippen LogP contribution in [0.2, 0.25) is 0 Å². The van der Waals surface area contributed by atoms with Crippen LogP contribution in [0.5, 0.6) is 11.5 Å². The number of unbranched alkanes of at least 4 members (excludes halogenated alkanes) is 6. The van der Waals surface area contributed by atoms with Crippen molar-refractivity contribution in [1.29, 1.82) is 0 Å². The summed E-state index contributed by atoms with van der Waals surface area (Å²) in [7, 11) is 1.55. The highest BCUT2D eigenvalue weighted by molar-refractivity contribution is 5.55. The maximum absolute atomic E-state index is 9.53. The number of methoxy groups -OCH3 is 1. The minimum Gasteiger partial charge on any atom is -0.504 e. The summed E-state index contributed by atoms with van der Waals surface area (Å²) in [5.74, 6) is 0.645. The summed E-state index contributed by atoms with van der Waals surface area (Å²) in [6.45, 7) is 5.16. The summed E-state index contributed by atoms with van der Waals surface area (Å²) in [5, 5.41) is 9.53. The van der Waals surface area contributed by atoms with Gasteiger partial charge in [0.2, 0.25) is 0 Å². The van der Waals surface area contributed by atoms with E-state index in [-0.39, 0.29) is 5.75 Å². The molecule has 1 aromatic carbocycles. The third-order valence-electron chi connectivity index (χ3n) is 3.68. The van der Waals surface area contributed by atoms with Gasteiger partial charge in [-0.05, 0) is 37.0 Å². The van der Waals surface area contributed by atoms with Gasteiger partial charge < -0.3 is 14.6 Å². The van der Waals surface area contributed by atoms with Crippen LogP contribution in [0.3, 0.4) is 0 Å². The second kappa shape index (κ2) is 12.8. The number of rotatable bonds is 13. The number of benzene rings is 1. The summed E-state index contributed by atoms with van der Waals surface area (Å²) in [4.78, 5) is 0. The second-order valence-corrected chi connectivity index (χ2v) is 5.61. The molecule has 0 spiro atoms. The van der Waals surface area contributed by atoms with E-state index in [4.69, 9.17) is 9.47 Å². The zero-order valence-corrected chi connectivity index (χ0v) is 14.3. The van der Waals surface area contributed by atoms with Crippen LogP contribution < -0.4 is 4.74 Å². The van der Waals surface area contributed by atoms with Crippen molar-refractivity contribution in [2.24, 2.45) is 0 Å². The minimum absolute atomic E-state index is 0.158. The van der Waals surface area contributed by atoms with Gasteiger partial charge in [0.1, 0.15) is 0 Å². The van der Waals surface area contributed by atoms with Gasteiger partial charge in [0.25, 0.3) is 0 Å². The Morgan fingerprint density at radius 2 is 1.83 bits per heavy atom. The van der Waals surface area contributed by atoms with E-state index >= 15 is 0 Å². The Morgan fingerprint density at radius 3 is 2.57 bits per heavy atom. The van der Waals surface area contributed by atoms with Crippen molar-refractivity contribution in [3.05, 3.63) is 42.5 Å². The van der Waals surface area contributed by atoms with Gasteiger partial charge in [0.05, 0.1) is 13.7 Å². The van der Waals surface area contributed by atoms with Crippen molar-refractivity contribution >= 4 is 6.08 Å². The lowest BCUT2D eigenvalue weighted by atomic mass is 10.1. The molecule has 0 radical (unpaired) electrons. The van der Waals surface area contributed by atoms with Crippen LogP contribution in [0.25, 0.3) is 6.08 Å². The highest BCUT2D eigenvalue weighted by Gasteiger charge is 1.99. The van der Waals surface area contributed by atoms with E-state index < -0.39 is 0 Å². The Balaban J connectivity index is 2.03. The van der Waals surface area contributed by atoms with Gasteiger partial charge in [-0.2, -0.15) is 0 Å². The Bertz CT molecular complexity index is 466. The fraction of sp³-hybridized carbons (Fsp3) is 0.500. The highest BCUT2D eigenvalue weighted by atomic mass is 16.5. The molecule has 0 amide bonds. The van der Waals surface area contributed by atoms with Crippen molar-refractivity contribution in [3.63, 3.8) is 0 Å². The molecule has 0 aliphatic carbocycles. The van der Waals surface area contributed by atoms with Crippen molar-refractivity contribution in [2.75, 3.05) is 20.3 Å². The van der Waals surface area contributed by atoms with Gasteiger partial charge in [0, 0.05) is 6.61 Å². The van der Waals surface area contributed by atoms with Crippen LogP contribution in [0.1, 0.15) is 50.5 Å². The lowest BCUT2D eigenvalue weighted by Gasteiger charge is -2.04. The molecule has 1 N–H and O–H groups in total. The summed E-state index contributed by atoms with van der Waals surface area (Å²) in [5.41, 5.74) is 0.989. The van der Waals surface area contributed by atoms with Crippen LogP contribution in [-0.2, 0) is 4.74 Å². The topological polar surface area (TPSA) is 38.7 Å². The van der Waals surface area contributed by atoms with E-state index in [1.165, 1.54) is 32.1 Å². The molecule has 0 aliphatic rings. The first-order chi connectivity index (χ1) is 11.3. The van der Waals surface area contributed by atoms with E-state index in [9.17, 15) is 5.11 Å². The number of phenolic OH excluding ortho intramolecular Hbond substituents is 1. The predicted octanol–water partition coefficient (Wildman–Crippen LogP) is 5.35. The van der Waals surface area contributed by atoms with E-state index in [0.29, 0.717) is 12.4 Å². The fourth-order valence-electron chi connectivity index (χ4n) is 2.33. The summed E-state index contributed by atoms with van der Waals surface area (Å²) >= 11 is 0. The smallest absolute Gasteiger partial charge is 0.161 e. The molecule has 1 rings (SSSR count). The Hall–Kier alpha value is -1.74. The zero-order chi connectivity index (χ0) is 16.8. The van der Waals surface area contributed by atoms with Crippen LogP contribution in [0.4, 0.5) is 0 Å². The highest BCUT2D eigenvalue weighted by Crippen LogP contribution is 2.26. The first-order valence-corrected chi connectivity index (χ1v) is 8.50. The van der Waals surface area contributed by atoms with Gasteiger partial charge in [-0.3, -0.25) is 0 Å². The molecule has 0 aromatic heterocycles. The van der Waals surface area contributed by atoms with Crippen LogP contribution in [0, 0.1) is 0 Å². The number of ether oxygens (including phenoxy) is 2. The molecule has 0 fully saturated rings. The third kappa shape index (κ3) is 9.09. The van der Waals surface area contributed by atoms with E-state index in [1.807, 2.05) is 24.3 Å². The lowest BCUT2D eigenvalue weighted by molar-refractivity contribution is 0.157. The molecule has 0 saturated carbocycles. The van der Waals surface area contributed by atoms with Crippen LogP contribution in [0.15, 0.2) is 36.9 Å². The monoisotopic (exact) mass is 318 g/mol. The van der Waals surface area contributed by atoms with Gasteiger partial charge in [-0.1, -0.05) is 50.0 Å². The molecule has 0 unspecified atom stereocenters. The largest absolute Gasteiger partial charge is 0.504 e. The molecule has 0 saturated heterocycles. The summed E-state index contributed by atoms with van der Waals surface area (Å²) in [6, 6.07) is 5.29. The normalized spacial score (nSPS) is 11.0. The quantitative estimate of drug-likeness (QED) is 0.394. The van der Waals surface area contributed by atoms with Crippen molar-refractivity contribution < 1.29 is 14.6 Å². The Kier molecular flexibility index (Phi) is 10.7. The molecule has 0 aliphatic heterocycles. The molecule has 0 bridgehead atoms. The Morgan fingerprint density at radius 1 is 1.09 bits per heavy atom. The molecule has 3 heteroatoms. The molecule has 1 aromatic rings. The summed E-state index contributed by atoms with van der Waals surface area (Å²) < 4.78 is 10.7. The SMILES string of the molecule is C=CCCCCCCCCOC/C=C/c1ccc(O)c(OC)c1. The third-order valence-corrected chi connectivity index (χ3v) is 3.68.